The molecule has 0 unspecified atom stereocenters. The van der Waals surface area contributed by atoms with E-state index in [1.54, 1.807) is 36.4 Å². The van der Waals surface area contributed by atoms with E-state index in [0.29, 0.717) is 51.4 Å². The van der Waals surface area contributed by atoms with Crippen LogP contribution in [0, 0.1) is 13.8 Å². The Morgan fingerprint density at radius 3 is 2.56 bits per heavy atom. The van der Waals surface area contributed by atoms with E-state index in [4.69, 9.17) is 30.5 Å². The topological polar surface area (TPSA) is 103 Å². The number of carbonyl (C=O) groups excluding carboxylic acids is 3. The van der Waals surface area contributed by atoms with Crippen LogP contribution in [-0.2, 0) is 16.1 Å². The predicted octanol–water partition coefficient (Wildman–Crippen LogP) is 6.34. The summed E-state index contributed by atoms with van der Waals surface area (Å²) in [6.45, 7) is 6.05. The fourth-order valence-electron chi connectivity index (χ4n) is 4.20. The summed E-state index contributed by atoms with van der Waals surface area (Å²) in [4.78, 5) is 39.7. The molecule has 2 heterocycles. The Balaban J connectivity index is 1.26. The molecule has 0 atom stereocenters. The van der Waals surface area contributed by atoms with Gasteiger partial charge in [0.2, 0.25) is 6.79 Å². The van der Waals surface area contributed by atoms with E-state index in [1.165, 1.54) is 0 Å². The highest BCUT2D eigenvalue weighted by Crippen LogP contribution is 2.40. The van der Waals surface area contributed by atoms with Crippen molar-refractivity contribution in [3.05, 3.63) is 80.7 Å². The molecule has 1 N–H and O–H groups in total. The van der Waals surface area contributed by atoms with Gasteiger partial charge in [0.25, 0.3) is 17.1 Å². The van der Waals surface area contributed by atoms with Gasteiger partial charge in [0.1, 0.15) is 0 Å². The molecule has 5 rings (SSSR count). The molecule has 2 aliphatic heterocycles. The number of ether oxygens (including phenoxy) is 4. The van der Waals surface area contributed by atoms with Gasteiger partial charge in [0.15, 0.2) is 29.6 Å². The summed E-state index contributed by atoms with van der Waals surface area (Å²) >= 11 is 7.19. The van der Waals surface area contributed by atoms with Crippen molar-refractivity contribution in [3.8, 4) is 23.0 Å². The summed E-state index contributed by atoms with van der Waals surface area (Å²) in [6, 6.07) is 14.1. The van der Waals surface area contributed by atoms with Gasteiger partial charge < -0.3 is 24.3 Å². The molecule has 2 aliphatic rings. The second-order valence-corrected chi connectivity index (χ2v) is 10.7. The number of nitrogens with one attached hydrogen (secondary N) is 1. The monoisotopic (exact) mass is 594 g/mol. The number of benzene rings is 3. The Labute approximate surface area is 246 Å². The van der Waals surface area contributed by atoms with Crippen LogP contribution in [0.5, 0.6) is 23.0 Å². The average molecular weight is 595 g/mol. The zero-order valence-corrected chi connectivity index (χ0v) is 24.2. The molecule has 0 bridgehead atoms. The molecule has 3 aromatic rings. The highest BCUT2D eigenvalue weighted by atomic mass is 35.5. The molecule has 11 heteroatoms. The lowest BCUT2D eigenvalue weighted by molar-refractivity contribution is -0.123. The number of thioether (sulfide) groups is 1. The summed E-state index contributed by atoms with van der Waals surface area (Å²) in [7, 11) is 0. The fraction of sp³-hybridized carbons (Fsp3) is 0.233. The Kier molecular flexibility index (Phi) is 8.41. The molecule has 41 heavy (non-hydrogen) atoms. The van der Waals surface area contributed by atoms with E-state index in [-0.39, 0.29) is 30.8 Å². The Morgan fingerprint density at radius 1 is 1.02 bits per heavy atom. The van der Waals surface area contributed by atoms with E-state index in [1.807, 2.05) is 39.0 Å². The van der Waals surface area contributed by atoms with Crippen molar-refractivity contribution in [2.75, 3.05) is 25.3 Å². The van der Waals surface area contributed by atoms with E-state index in [0.717, 1.165) is 27.8 Å². The van der Waals surface area contributed by atoms with Crippen LogP contribution in [0.4, 0.5) is 10.5 Å². The lowest BCUT2D eigenvalue weighted by Gasteiger charge is -2.14. The quantitative estimate of drug-likeness (QED) is 0.286. The molecule has 0 aliphatic carbocycles. The standard InChI is InChI=1S/C30H27ClN2O7S/c1-4-37-24-10-19(6-8-23(24)38-15-28(34)32-21-7-5-17(2)18(3)9-21)11-27-29(35)33(30(36)41-27)14-20-12-25-26(13-22(20)31)40-16-39-25/h5-13H,4,14-16H2,1-3H3,(H,32,34)/b27-11+. The third-order valence-corrected chi connectivity index (χ3v) is 7.72. The number of hydrogen-bond acceptors (Lipinski definition) is 8. The van der Waals surface area contributed by atoms with E-state index < -0.39 is 11.1 Å². The maximum absolute atomic E-state index is 13.1. The average Bonchev–Trinajstić information content (AvgIpc) is 3.49. The second-order valence-electron chi connectivity index (χ2n) is 9.34. The number of imide groups is 1. The number of fused-ring (bicyclic) bond motifs is 1. The highest BCUT2D eigenvalue weighted by Gasteiger charge is 2.36. The molecule has 1 saturated heterocycles. The van der Waals surface area contributed by atoms with Crippen molar-refractivity contribution >= 4 is 52.2 Å². The number of anilines is 1. The molecular weight excluding hydrogens is 568 g/mol. The summed E-state index contributed by atoms with van der Waals surface area (Å²) in [5, 5.41) is 2.79. The van der Waals surface area contributed by atoms with Gasteiger partial charge in [-0.15, -0.1) is 0 Å². The Bertz CT molecular complexity index is 1570. The molecular formula is C30H27ClN2O7S. The number of hydrogen-bond donors (Lipinski definition) is 1. The largest absolute Gasteiger partial charge is 0.490 e. The van der Waals surface area contributed by atoms with E-state index in [2.05, 4.69) is 5.32 Å². The molecule has 212 valence electrons. The minimum atomic E-state index is -0.435. The zero-order chi connectivity index (χ0) is 29.1. The van der Waals surface area contributed by atoms with Gasteiger partial charge in [0.05, 0.1) is 18.1 Å². The summed E-state index contributed by atoms with van der Waals surface area (Å²) < 4.78 is 22.2. The van der Waals surface area contributed by atoms with Gasteiger partial charge in [-0.25, -0.2) is 0 Å². The third-order valence-electron chi connectivity index (χ3n) is 6.46. The first-order valence-corrected chi connectivity index (χ1v) is 14.0. The molecule has 3 aromatic carbocycles. The molecule has 0 saturated carbocycles. The van der Waals surface area contributed by atoms with Gasteiger partial charge in [-0.1, -0.05) is 23.7 Å². The summed E-state index contributed by atoms with van der Waals surface area (Å²) in [5.41, 5.74) is 4.11. The fourth-order valence-corrected chi connectivity index (χ4v) is 5.25. The SMILES string of the molecule is CCOc1cc(/C=C2/SC(=O)N(Cc3cc4c(cc3Cl)OCO4)C2=O)ccc1OCC(=O)Nc1ccc(C)c(C)c1. The van der Waals surface area contributed by atoms with Crippen molar-refractivity contribution in [2.45, 2.75) is 27.3 Å². The number of nitrogens with zero attached hydrogens (tertiary/aromatic N) is 1. The normalized spacial score (nSPS) is 15.0. The van der Waals surface area contributed by atoms with Gasteiger partial charge in [-0.3, -0.25) is 19.3 Å². The lowest BCUT2D eigenvalue weighted by atomic mass is 10.1. The van der Waals surface area contributed by atoms with Crippen LogP contribution in [0.3, 0.4) is 0 Å². The lowest BCUT2D eigenvalue weighted by Crippen LogP contribution is -2.27. The predicted molar refractivity (Wildman–Crippen MR) is 157 cm³/mol. The minimum Gasteiger partial charge on any atom is -0.490 e. The van der Waals surface area contributed by atoms with Crippen LogP contribution in [0.1, 0.15) is 29.2 Å². The van der Waals surface area contributed by atoms with Crippen LogP contribution in [-0.4, -0.2) is 42.0 Å². The van der Waals surface area contributed by atoms with Crippen molar-refractivity contribution in [1.29, 1.82) is 0 Å². The van der Waals surface area contributed by atoms with Crippen molar-refractivity contribution in [3.63, 3.8) is 0 Å². The first kappa shape index (κ1) is 28.4. The molecule has 1 fully saturated rings. The van der Waals surface area contributed by atoms with E-state index >= 15 is 0 Å². The molecule has 3 amide bonds. The van der Waals surface area contributed by atoms with Gasteiger partial charge in [0, 0.05) is 16.8 Å². The molecule has 0 aromatic heterocycles. The molecule has 9 nitrogen and oxygen atoms in total. The zero-order valence-electron chi connectivity index (χ0n) is 22.6. The maximum atomic E-state index is 13.1. The van der Waals surface area contributed by atoms with Gasteiger partial charge >= 0.3 is 0 Å². The number of rotatable bonds is 9. The van der Waals surface area contributed by atoms with Crippen LogP contribution in [0.25, 0.3) is 6.08 Å². The van der Waals surface area contributed by atoms with Crippen LogP contribution in [0.15, 0.2) is 53.4 Å². The highest BCUT2D eigenvalue weighted by molar-refractivity contribution is 8.18. The van der Waals surface area contributed by atoms with E-state index in [9.17, 15) is 14.4 Å². The second kappa shape index (κ2) is 12.2. The maximum Gasteiger partial charge on any atom is 0.293 e. The van der Waals surface area contributed by atoms with Gasteiger partial charge in [-0.05, 0) is 91.2 Å². The van der Waals surface area contributed by atoms with Gasteiger partial charge in [-0.2, -0.15) is 0 Å². The smallest absolute Gasteiger partial charge is 0.293 e. The Hall–Kier alpha value is -4.15. The summed E-state index contributed by atoms with van der Waals surface area (Å²) in [6.07, 6.45) is 1.62. The first-order chi connectivity index (χ1) is 19.7. The number of amides is 3. The number of halogens is 1. The third kappa shape index (κ3) is 6.44. The number of aryl methyl sites for hydroxylation is 2. The molecule has 0 radical (unpaired) electrons. The van der Waals surface area contributed by atoms with Crippen molar-refractivity contribution < 1.29 is 33.3 Å². The van der Waals surface area contributed by atoms with Crippen LogP contribution >= 0.6 is 23.4 Å². The summed E-state index contributed by atoms with van der Waals surface area (Å²) in [5.74, 6) is 1.08. The first-order valence-electron chi connectivity index (χ1n) is 12.8. The van der Waals surface area contributed by atoms with Crippen molar-refractivity contribution in [2.24, 2.45) is 0 Å². The molecule has 0 spiro atoms. The van der Waals surface area contributed by atoms with Crippen LogP contribution < -0.4 is 24.3 Å². The van der Waals surface area contributed by atoms with Crippen molar-refractivity contribution in [1.82, 2.24) is 4.90 Å². The number of carbonyl (C=O) groups is 3. The van der Waals surface area contributed by atoms with Crippen LogP contribution in [0.2, 0.25) is 5.02 Å². The minimum absolute atomic E-state index is 0.00131. The Morgan fingerprint density at radius 2 is 1.80 bits per heavy atom.